The molecule has 0 bridgehead atoms. The van der Waals surface area contributed by atoms with Crippen molar-refractivity contribution >= 4 is 28.9 Å². The summed E-state index contributed by atoms with van der Waals surface area (Å²) in [4.78, 5) is 35.4. The van der Waals surface area contributed by atoms with Gasteiger partial charge in [0, 0.05) is 61.6 Å². The average molecular weight is 494 g/mol. The van der Waals surface area contributed by atoms with Crippen molar-refractivity contribution in [2.24, 2.45) is 7.05 Å². The molecule has 188 valence electrons. The van der Waals surface area contributed by atoms with E-state index >= 15 is 0 Å². The molecule has 3 heterocycles. The minimum atomic E-state index is -0.648. The Labute approximate surface area is 217 Å². The quantitative estimate of drug-likeness (QED) is 0.307. The number of pyridine rings is 1. The normalized spacial score (nSPS) is 13.5. The highest BCUT2D eigenvalue weighted by Gasteiger charge is 2.25. The number of carbonyl (C=O) groups excluding carboxylic acids is 2. The molecule has 1 saturated heterocycles. The molecule has 0 aliphatic carbocycles. The summed E-state index contributed by atoms with van der Waals surface area (Å²) in [5, 5.41) is 2.78. The van der Waals surface area contributed by atoms with Gasteiger partial charge in [-0.15, -0.1) is 0 Å². The predicted octanol–water partition coefficient (Wildman–Crippen LogP) is 4.85. The van der Waals surface area contributed by atoms with Crippen molar-refractivity contribution in [3.8, 4) is 11.1 Å². The summed E-state index contributed by atoms with van der Waals surface area (Å²) in [7, 11) is 1.81. The topological polar surface area (TPSA) is 70.5 Å². The van der Waals surface area contributed by atoms with Gasteiger partial charge in [0.05, 0.1) is 0 Å². The van der Waals surface area contributed by atoms with Crippen LogP contribution < -0.4 is 15.1 Å². The number of benzene rings is 2. The molecule has 0 saturated carbocycles. The van der Waals surface area contributed by atoms with Gasteiger partial charge in [0.25, 0.3) is 11.7 Å². The first kappa shape index (κ1) is 24.3. The lowest BCUT2D eigenvalue weighted by atomic mass is 10.0. The molecule has 1 fully saturated rings. The molecule has 2 aromatic carbocycles. The highest BCUT2D eigenvalue weighted by Crippen LogP contribution is 2.28. The summed E-state index contributed by atoms with van der Waals surface area (Å²) in [6.07, 6.45) is 0. The van der Waals surface area contributed by atoms with Crippen LogP contribution in [0.1, 0.15) is 21.9 Å². The number of nitrogens with zero attached hydrogens (tertiary/aromatic N) is 4. The standard InChI is InChI=1S/C30H31N5O2/c1-21-8-7-11-27(31-21)35-18-16-34(17-19-35)25-14-12-24(13-15-25)32-30(37)29(36)28-26(20-22(2)33(28)3)23-9-5-4-6-10-23/h4-15,20H,16-19H2,1-3H3,(H,32,37). The number of carbonyl (C=O) groups is 2. The van der Waals surface area contributed by atoms with Gasteiger partial charge in [-0.05, 0) is 61.9 Å². The van der Waals surface area contributed by atoms with Gasteiger partial charge >= 0.3 is 0 Å². The first-order chi connectivity index (χ1) is 17.9. The van der Waals surface area contributed by atoms with Crippen molar-refractivity contribution in [2.75, 3.05) is 41.3 Å². The Bertz CT molecular complexity index is 1420. The Hall–Kier alpha value is -4.39. The van der Waals surface area contributed by atoms with Crippen LogP contribution in [0.25, 0.3) is 11.1 Å². The Balaban J connectivity index is 1.24. The van der Waals surface area contributed by atoms with Crippen molar-refractivity contribution in [2.45, 2.75) is 13.8 Å². The Kier molecular flexibility index (Phi) is 6.77. The van der Waals surface area contributed by atoms with Gasteiger partial charge < -0.3 is 19.7 Å². The maximum absolute atomic E-state index is 13.2. The lowest BCUT2D eigenvalue weighted by Crippen LogP contribution is -2.46. The van der Waals surface area contributed by atoms with E-state index in [4.69, 9.17) is 0 Å². The average Bonchev–Trinajstić information content (AvgIpc) is 3.23. The van der Waals surface area contributed by atoms with E-state index in [0.717, 1.165) is 60.2 Å². The SMILES string of the molecule is Cc1cccc(N2CCN(c3ccc(NC(=O)C(=O)c4c(-c5ccccc5)cc(C)n4C)cc3)CC2)n1. The van der Waals surface area contributed by atoms with Crippen LogP contribution in [0.2, 0.25) is 0 Å². The molecule has 1 aliphatic rings. The van der Waals surface area contributed by atoms with Crippen LogP contribution >= 0.6 is 0 Å². The van der Waals surface area contributed by atoms with E-state index in [2.05, 4.69) is 26.2 Å². The Morgan fingerprint density at radius 2 is 1.49 bits per heavy atom. The first-order valence-electron chi connectivity index (χ1n) is 12.5. The fourth-order valence-corrected chi connectivity index (χ4v) is 4.79. The smallest absolute Gasteiger partial charge is 0.298 e. The van der Waals surface area contributed by atoms with E-state index < -0.39 is 11.7 Å². The lowest BCUT2D eigenvalue weighted by molar-refractivity contribution is -0.112. The highest BCUT2D eigenvalue weighted by molar-refractivity contribution is 6.47. The molecular formula is C30H31N5O2. The second-order valence-electron chi connectivity index (χ2n) is 9.41. The summed E-state index contributed by atoms with van der Waals surface area (Å²) in [6, 6.07) is 25.4. The van der Waals surface area contributed by atoms with Crippen LogP contribution in [0, 0.1) is 13.8 Å². The van der Waals surface area contributed by atoms with Crippen LogP contribution in [-0.2, 0) is 11.8 Å². The summed E-state index contributed by atoms with van der Waals surface area (Å²) in [5.74, 6) is -0.184. The van der Waals surface area contributed by atoms with Gasteiger partial charge in [0.2, 0.25) is 0 Å². The molecular weight excluding hydrogens is 462 g/mol. The zero-order chi connectivity index (χ0) is 25.9. The van der Waals surface area contributed by atoms with Crippen molar-refractivity contribution < 1.29 is 9.59 Å². The fourth-order valence-electron chi connectivity index (χ4n) is 4.79. The van der Waals surface area contributed by atoms with Crippen molar-refractivity contribution in [3.05, 3.63) is 95.9 Å². The molecule has 0 atom stereocenters. The third-order valence-electron chi connectivity index (χ3n) is 6.95. The highest BCUT2D eigenvalue weighted by atomic mass is 16.2. The zero-order valence-electron chi connectivity index (χ0n) is 21.4. The molecule has 2 aromatic heterocycles. The van der Waals surface area contributed by atoms with E-state index in [1.165, 1.54) is 0 Å². The molecule has 1 aliphatic heterocycles. The van der Waals surface area contributed by atoms with Gasteiger partial charge in [-0.2, -0.15) is 0 Å². The fraction of sp³-hybridized carbons (Fsp3) is 0.233. The number of Topliss-reactive ketones (excluding diaryl/α,β-unsaturated/α-hetero) is 1. The maximum atomic E-state index is 13.2. The molecule has 0 unspecified atom stereocenters. The van der Waals surface area contributed by atoms with Gasteiger partial charge in [0.1, 0.15) is 11.5 Å². The maximum Gasteiger partial charge on any atom is 0.298 e. The second-order valence-corrected chi connectivity index (χ2v) is 9.41. The van der Waals surface area contributed by atoms with Crippen LogP contribution in [0.3, 0.4) is 0 Å². The number of piperazine rings is 1. The monoisotopic (exact) mass is 493 g/mol. The number of ketones is 1. The largest absolute Gasteiger partial charge is 0.368 e. The number of rotatable bonds is 6. The molecule has 7 nitrogen and oxygen atoms in total. The Morgan fingerprint density at radius 1 is 0.811 bits per heavy atom. The second kappa shape index (κ2) is 10.3. The van der Waals surface area contributed by atoms with Crippen molar-refractivity contribution in [3.63, 3.8) is 0 Å². The molecule has 0 radical (unpaired) electrons. The third-order valence-corrected chi connectivity index (χ3v) is 6.95. The predicted molar refractivity (Wildman–Crippen MR) is 148 cm³/mol. The van der Waals surface area contributed by atoms with Crippen molar-refractivity contribution in [1.82, 2.24) is 9.55 Å². The molecule has 37 heavy (non-hydrogen) atoms. The summed E-state index contributed by atoms with van der Waals surface area (Å²) in [5.41, 5.74) is 5.68. The number of aromatic nitrogens is 2. The lowest BCUT2D eigenvalue weighted by Gasteiger charge is -2.36. The zero-order valence-corrected chi connectivity index (χ0v) is 21.4. The first-order valence-corrected chi connectivity index (χ1v) is 12.5. The molecule has 1 amide bonds. The third kappa shape index (κ3) is 5.11. The van der Waals surface area contributed by atoms with Gasteiger partial charge in [0.15, 0.2) is 0 Å². The summed E-state index contributed by atoms with van der Waals surface area (Å²) >= 11 is 0. The molecule has 7 heteroatoms. The molecule has 0 spiro atoms. The van der Waals surface area contributed by atoms with Crippen LogP contribution in [0.4, 0.5) is 17.2 Å². The summed E-state index contributed by atoms with van der Waals surface area (Å²) < 4.78 is 1.78. The van der Waals surface area contributed by atoms with Crippen LogP contribution in [-0.4, -0.2) is 47.4 Å². The van der Waals surface area contributed by atoms with Gasteiger partial charge in [-0.25, -0.2) is 4.98 Å². The minimum absolute atomic E-state index is 0.388. The summed E-state index contributed by atoms with van der Waals surface area (Å²) in [6.45, 7) is 7.49. The van der Waals surface area contributed by atoms with E-state index in [9.17, 15) is 9.59 Å². The number of hydrogen-bond acceptors (Lipinski definition) is 5. The van der Waals surface area contributed by atoms with E-state index in [1.54, 1.807) is 4.57 Å². The van der Waals surface area contributed by atoms with Crippen LogP contribution in [0.15, 0.2) is 78.9 Å². The van der Waals surface area contributed by atoms with Crippen LogP contribution in [0.5, 0.6) is 0 Å². The number of amides is 1. The van der Waals surface area contributed by atoms with E-state index in [0.29, 0.717) is 11.4 Å². The number of nitrogens with one attached hydrogen (secondary N) is 1. The van der Waals surface area contributed by atoms with Gasteiger partial charge in [-0.3, -0.25) is 9.59 Å². The minimum Gasteiger partial charge on any atom is -0.368 e. The van der Waals surface area contributed by atoms with E-state index in [-0.39, 0.29) is 0 Å². The van der Waals surface area contributed by atoms with E-state index in [1.807, 2.05) is 93.7 Å². The number of hydrogen-bond donors (Lipinski definition) is 1. The molecule has 1 N–H and O–H groups in total. The molecule has 5 rings (SSSR count). The number of aryl methyl sites for hydroxylation is 2. The molecule has 4 aromatic rings. The van der Waals surface area contributed by atoms with Crippen molar-refractivity contribution in [1.29, 1.82) is 0 Å². The Morgan fingerprint density at radius 3 is 2.16 bits per heavy atom. The van der Waals surface area contributed by atoms with Gasteiger partial charge in [-0.1, -0.05) is 36.4 Å². The number of anilines is 3.